The minimum Gasteiger partial charge on any atom is -0.376 e. The second-order valence-corrected chi connectivity index (χ2v) is 4.95. The highest BCUT2D eigenvalue weighted by atomic mass is 19.3. The summed E-state index contributed by atoms with van der Waals surface area (Å²) in [5, 5.41) is 0. The van der Waals surface area contributed by atoms with Crippen LogP contribution < -0.4 is 0 Å². The van der Waals surface area contributed by atoms with E-state index >= 15 is 0 Å². The summed E-state index contributed by atoms with van der Waals surface area (Å²) >= 11 is 0. The van der Waals surface area contributed by atoms with Gasteiger partial charge in [-0.05, 0) is 39.2 Å². The number of hydrogen-bond acceptors (Lipinski definition) is 2. The van der Waals surface area contributed by atoms with Crippen LogP contribution in [0.1, 0.15) is 32.6 Å². The van der Waals surface area contributed by atoms with E-state index in [4.69, 9.17) is 4.74 Å². The zero-order chi connectivity index (χ0) is 10.9. The second kappa shape index (κ2) is 4.34. The molecule has 0 bridgehead atoms. The number of nitrogens with zero attached hydrogens (tertiary/aromatic N) is 1. The van der Waals surface area contributed by atoms with Gasteiger partial charge >= 0.3 is 0 Å². The van der Waals surface area contributed by atoms with Crippen LogP contribution in [0.4, 0.5) is 8.78 Å². The van der Waals surface area contributed by atoms with Gasteiger partial charge < -0.3 is 4.74 Å². The molecule has 15 heavy (non-hydrogen) atoms. The Morgan fingerprint density at radius 3 is 2.80 bits per heavy atom. The molecule has 1 unspecified atom stereocenters. The molecule has 0 aromatic heterocycles. The maximum Gasteiger partial charge on any atom is 0.251 e. The normalized spacial score (nSPS) is 32.8. The minimum atomic E-state index is -2.23. The van der Waals surface area contributed by atoms with Gasteiger partial charge in [0, 0.05) is 5.54 Å². The number of likely N-dealkylation sites (tertiary alicyclic amines) is 1. The summed E-state index contributed by atoms with van der Waals surface area (Å²) in [5.74, 6) is 0. The Labute approximate surface area is 89.6 Å². The first-order valence-corrected chi connectivity index (χ1v) is 5.75. The predicted molar refractivity (Wildman–Crippen MR) is 54.2 cm³/mol. The Kier molecular flexibility index (Phi) is 3.26. The fourth-order valence-electron chi connectivity index (χ4n) is 2.25. The quantitative estimate of drug-likeness (QED) is 0.703. The van der Waals surface area contributed by atoms with Gasteiger partial charge in [-0.3, -0.25) is 4.90 Å². The summed E-state index contributed by atoms with van der Waals surface area (Å²) in [5.41, 5.74) is -0.154. The summed E-state index contributed by atoms with van der Waals surface area (Å²) in [7, 11) is 0. The topological polar surface area (TPSA) is 12.5 Å². The lowest BCUT2D eigenvalue weighted by Crippen LogP contribution is -2.47. The molecule has 0 amide bonds. The Morgan fingerprint density at radius 2 is 2.20 bits per heavy atom. The lowest BCUT2D eigenvalue weighted by Gasteiger charge is -2.34. The molecule has 2 aliphatic rings. The zero-order valence-electron chi connectivity index (χ0n) is 9.22. The van der Waals surface area contributed by atoms with E-state index < -0.39 is 6.43 Å². The van der Waals surface area contributed by atoms with Gasteiger partial charge in [-0.25, -0.2) is 8.78 Å². The van der Waals surface area contributed by atoms with Crippen LogP contribution in [0.2, 0.25) is 0 Å². The van der Waals surface area contributed by atoms with Crippen molar-refractivity contribution in [3.8, 4) is 0 Å². The van der Waals surface area contributed by atoms with Crippen molar-refractivity contribution in [1.82, 2.24) is 4.90 Å². The summed E-state index contributed by atoms with van der Waals surface area (Å²) < 4.78 is 30.4. The van der Waals surface area contributed by atoms with Gasteiger partial charge in [-0.2, -0.15) is 0 Å². The molecule has 2 rings (SSSR count). The molecule has 0 N–H and O–H groups in total. The molecule has 0 aromatic carbocycles. The Bertz CT molecular complexity index is 221. The molecular weight excluding hydrogens is 200 g/mol. The van der Waals surface area contributed by atoms with E-state index in [1.807, 2.05) is 11.8 Å². The number of rotatable bonds is 5. The third-order valence-electron chi connectivity index (χ3n) is 3.42. The lowest BCUT2D eigenvalue weighted by molar-refractivity contribution is -0.00950. The fraction of sp³-hybridized carbons (Fsp3) is 1.00. The molecule has 1 aliphatic carbocycles. The maximum atomic E-state index is 12.4. The van der Waals surface area contributed by atoms with Crippen molar-refractivity contribution >= 4 is 0 Å². The van der Waals surface area contributed by atoms with Crippen LogP contribution in [0.15, 0.2) is 0 Å². The van der Waals surface area contributed by atoms with Crippen molar-refractivity contribution in [1.29, 1.82) is 0 Å². The first kappa shape index (κ1) is 11.3. The van der Waals surface area contributed by atoms with Crippen LogP contribution in [0.3, 0.4) is 0 Å². The van der Waals surface area contributed by atoms with Crippen LogP contribution >= 0.6 is 0 Å². The number of alkyl halides is 2. The largest absolute Gasteiger partial charge is 0.376 e. The molecule has 1 aliphatic heterocycles. The average Bonchev–Trinajstić information content (AvgIpc) is 2.91. The minimum absolute atomic E-state index is 0.107. The second-order valence-electron chi connectivity index (χ2n) is 4.95. The van der Waals surface area contributed by atoms with E-state index in [0.29, 0.717) is 12.7 Å². The molecular formula is C11H19F2NO. The van der Waals surface area contributed by atoms with Gasteiger partial charge in [-0.15, -0.1) is 0 Å². The zero-order valence-corrected chi connectivity index (χ0v) is 9.22. The number of ether oxygens (including phenoxy) is 1. The first-order chi connectivity index (χ1) is 7.10. The molecule has 1 atom stereocenters. The SMILES string of the molecule is CC1(COC2CC2)CCCN1CC(F)F. The molecule has 1 heterocycles. The van der Waals surface area contributed by atoms with Crippen LogP contribution in [0.25, 0.3) is 0 Å². The van der Waals surface area contributed by atoms with Crippen molar-refractivity contribution < 1.29 is 13.5 Å². The van der Waals surface area contributed by atoms with Crippen LogP contribution in [-0.4, -0.2) is 42.7 Å². The fourth-order valence-corrected chi connectivity index (χ4v) is 2.25. The first-order valence-electron chi connectivity index (χ1n) is 5.75. The molecule has 2 nitrogen and oxygen atoms in total. The van der Waals surface area contributed by atoms with Crippen molar-refractivity contribution in [2.24, 2.45) is 0 Å². The van der Waals surface area contributed by atoms with Crippen molar-refractivity contribution in [2.75, 3.05) is 19.7 Å². The highest BCUT2D eigenvalue weighted by Crippen LogP contribution is 2.32. The van der Waals surface area contributed by atoms with Crippen LogP contribution in [0, 0.1) is 0 Å². The van der Waals surface area contributed by atoms with Crippen molar-refractivity contribution in [3.05, 3.63) is 0 Å². The molecule has 0 radical (unpaired) electrons. The summed E-state index contributed by atoms with van der Waals surface area (Å²) in [6.45, 7) is 3.34. The summed E-state index contributed by atoms with van der Waals surface area (Å²) in [4.78, 5) is 1.89. The maximum absolute atomic E-state index is 12.4. The Hall–Kier alpha value is -0.220. The Balaban J connectivity index is 1.85. The van der Waals surface area contributed by atoms with Crippen molar-refractivity contribution in [3.63, 3.8) is 0 Å². The highest BCUT2D eigenvalue weighted by Gasteiger charge is 2.39. The van der Waals surface area contributed by atoms with Gasteiger partial charge in [-0.1, -0.05) is 0 Å². The molecule has 1 saturated carbocycles. The van der Waals surface area contributed by atoms with Crippen LogP contribution in [0.5, 0.6) is 0 Å². The lowest BCUT2D eigenvalue weighted by atomic mass is 10.0. The molecule has 0 spiro atoms. The Morgan fingerprint density at radius 1 is 1.47 bits per heavy atom. The third kappa shape index (κ3) is 2.88. The highest BCUT2D eigenvalue weighted by molar-refractivity contribution is 4.93. The average molecular weight is 219 g/mol. The van der Waals surface area contributed by atoms with Gasteiger partial charge in [0.15, 0.2) is 0 Å². The molecule has 1 saturated heterocycles. The number of hydrogen-bond donors (Lipinski definition) is 0. The van der Waals surface area contributed by atoms with Gasteiger partial charge in [0.25, 0.3) is 6.43 Å². The molecule has 2 fully saturated rings. The van der Waals surface area contributed by atoms with Gasteiger partial charge in [0.05, 0.1) is 19.3 Å². The molecule has 88 valence electrons. The smallest absolute Gasteiger partial charge is 0.251 e. The predicted octanol–water partition coefficient (Wildman–Crippen LogP) is 2.29. The third-order valence-corrected chi connectivity index (χ3v) is 3.42. The van der Waals surface area contributed by atoms with Crippen molar-refractivity contribution in [2.45, 2.75) is 50.7 Å². The monoisotopic (exact) mass is 219 g/mol. The summed E-state index contributed by atoms with van der Waals surface area (Å²) in [6.07, 6.45) is 2.46. The molecule has 0 aromatic rings. The van der Waals surface area contributed by atoms with Gasteiger partial charge in [0.2, 0.25) is 0 Å². The molecule has 4 heteroatoms. The van der Waals surface area contributed by atoms with E-state index in [1.54, 1.807) is 0 Å². The van der Waals surface area contributed by atoms with Gasteiger partial charge in [0.1, 0.15) is 0 Å². The van der Waals surface area contributed by atoms with E-state index in [0.717, 1.165) is 32.2 Å². The summed E-state index contributed by atoms with van der Waals surface area (Å²) in [6, 6.07) is 0. The van der Waals surface area contributed by atoms with E-state index in [-0.39, 0.29) is 12.1 Å². The van der Waals surface area contributed by atoms with Crippen LogP contribution in [-0.2, 0) is 4.74 Å². The van der Waals surface area contributed by atoms with E-state index in [2.05, 4.69) is 0 Å². The number of halogens is 2. The van der Waals surface area contributed by atoms with E-state index in [9.17, 15) is 8.78 Å². The standard InChI is InChI=1S/C11H19F2NO/c1-11(8-15-9-3-4-9)5-2-6-14(11)7-10(12)13/h9-10H,2-8H2,1H3. The van der Waals surface area contributed by atoms with E-state index in [1.165, 1.54) is 0 Å².